The van der Waals surface area contributed by atoms with Crippen molar-refractivity contribution in [3.63, 3.8) is 0 Å². The van der Waals surface area contributed by atoms with Crippen molar-refractivity contribution in [1.29, 1.82) is 0 Å². The lowest BCUT2D eigenvalue weighted by molar-refractivity contribution is -0.145. The summed E-state index contributed by atoms with van der Waals surface area (Å²) in [6.45, 7) is -0.673. The van der Waals surface area contributed by atoms with Gasteiger partial charge in [0.05, 0.1) is 18.2 Å². The molecule has 1 aliphatic heterocycles. The van der Waals surface area contributed by atoms with Crippen molar-refractivity contribution in [2.45, 2.75) is 6.61 Å². The summed E-state index contributed by atoms with van der Waals surface area (Å²) in [5.74, 6) is -2.32. The van der Waals surface area contributed by atoms with Crippen LogP contribution in [0.25, 0.3) is 0 Å². The predicted molar refractivity (Wildman–Crippen MR) is 84.6 cm³/mol. The fourth-order valence-corrected chi connectivity index (χ4v) is 2.52. The van der Waals surface area contributed by atoms with Crippen LogP contribution >= 0.6 is 0 Å². The fraction of sp³-hybridized carbons (Fsp3) is 0.167. The molecule has 0 saturated carbocycles. The summed E-state index contributed by atoms with van der Waals surface area (Å²) in [5.41, 5.74) is 0.948. The Balaban J connectivity index is 1.61. The summed E-state index contributed by atoms with van der Waals surface area (Å²) < 4.78 is 23.4. The van der Waals surface area contributed by atoms with E-state index in [-0.39, 0.29) is 23.5 Å². The Morgan fingerprint density at radius 1 is 1.08 bits per heavy atom. The summed E-state index contributed by atoms with van der Waals surface area (Å²) in [5, 5.41) is 0. The van der Waals surface area contributed by atoms with E-state index in [4.69, 9.17) is 9.47 Å². The molecule has 0 aliphatic carbocycles. The Kier molecular flexibility index (Phi) is 4.47. The molecule has 0 fully saturated rings. The molecule has 0 radical (unpaired) electrons. The Bertz CT molecular complexity index is 829. The third-order valence-corrected chi connectivity index (χ3v) is 3.78. The summed E-state index contributed by atoms with van der Waals surface area (Å²) in [7, 11) is 1.35. The van der Waals surface area contributed by atoms with E-state index in [1.54, 1.807) is 18.2 Å². The number of fused-ring (bicyclic) bond motifs is 1. The number of ether oxygens (including phenoxy) is 2. The summed E-state index contributed by atoms with van der Waals surface area (Å²) in [6.07, 6.45) is 0. The van der Waals surface area contributed by atoms with Crippen LogP contribution in [0.5, 0.6) is 5.75 Å². The van der Waals surface area contributed by atoms with Crippen LogP contribution < -0.4 is 4.74 Å². The first-order valence-electron chi connectivity index (χ1n) is 7.44. The lowest BCUT2D eigenvalue weighted by Gasteiger charge is -2.13. The number of nitrogens with zero attached hydrogens (tertiary/aromatic N) is 1. The quantitative estimate of drug-likeness (QED) is 0.614. The Morgan fingerprint density at radius 3 is 2.28 bits per heavy atom. The monoisotopic (exact) mass is 343 g/mol. The van der Waals surface area contributed by atoms with E-state index >= 15 is 0 Å². The molecule has 7 heteroatoms. The average Bonchev–Trinajstić information content (AvgIpc) is 2.85. The number of benzene rings is 2. The highest BCUT2D eigenvalue weighted by atomic mass is 19.1. The largest absolute Gasteiger partial charge is 0.494 e. The third kappa shape index (κ3) is 3.21. The molecule has 128 valence electrons. The van der Waals surface area contributed by atoms with Gasteiger partial charge in [-0.1, -0.05) is 18.2 Å². The summed E-state index contributed by atoms with van der Waals surface area (Å²) >= 11 is 0. The van der Waals surface area contributed by atoms with Crippen LogP contribution in [0.4, 0.5) is 4.39 Å². The van der Waals surface area contributed by atoms with Crippen molar-refractivity contribution >= 4 is 17.8 Å². The molecular formula is C18H14FNO5. The van der Waals surface area contributed by atoms with E-state index in [9.17, 15) is 18.8 Å². The molecule has 2 aromatic carbocycles. The van der Waals surface area contributed by atoms with Gasteiger partial charge in [0.2, 0.25) is 0 Å². The molecule has 1 heterocycles. The maximum atomic E-state index is 13.6. The van der Waals surface area contributed by atoms with Crippen LogP contribution in [0.2, 0.25) is 0 Å². The number of hydrogen-bond donors (Lipinski definition) is 0. The van der Waals surface area contributed by atoms with Crippen molar-refractivity contribution in [1.82, 2.24) is 4.90 Å². The zero-order valence-corrected chi connectivity index (χ0v) is 13.3. The van der Waals surface area contributed by atoms with Crippen molar-refractivity contribution in [2.24, 2.45) is 0 Å². The zero-order chi connectivity index (χ0) is 18.0. The van der Waals surface area contributed by atoms with Gasteiger partial charge in [-0.15, -0.1) is 0 Å². The number of amides is 2. The smallest absolute Gasteiger partial charge is 0.326 e. The molecule has 0 saturated heterocycles. The van der Waals surface area contributed by atoms with Crippen molar-refractivity contribution in [3.8, 4) is 5.75 Å². The lowest BCUT2D eigenvalue weighted by Crippen LogP contribution is -2.35. The van der Waals surface area contributed by atoms with Gasteiger partial charge in [-0.25, -0.2) is 4.39 Å². The van der Waals surface area contributed by atoms with E-state index in [1.165, 1.54) is 31.4 Å². The van der Waals surface area contributed by atoms with Gasteiger partial charge in [0.15, 0.2) is 11.6 Å². The number of imide groups is 1. The van der Waals surface area contributed by atoms with E-state index in [2.05, 4.69) is 0 Å². The molecule has 0 spiro atoms. The number of esters is 1. The molecule has 3 rings (SSSR count). The zero-order valence-electron chi connectivity index (χ0n) is 13.3. The fourth-order valence-electron chi connectivity index (χ4n) is 2.52. The molecule has 2 aromatic rings. The van der Waals surface area contributed by atoms with Gasteiger partial charge in [0, 0.05) is 0 Å². The molecule has 6 nitrogen and oxygen atoms in total. The van der Waals surface area contributed by atoms with Crippen LogP contribution in [0.15, 0.2) is 42.5 Å². The van der Waals surface area contributed by atoms with Gasteiger partial charge in [-0.2, -0.15) is 0 Å². The van der Waals surface area contributed by atoms with E-state index < -0.39 is 30.1 Å². The highest BCUT2D eigenvalue weighted by molar-refractivity contribution is 6.22. The molecule has 0 N–H and O–H groups in total. The topological polar surface area (TPSA) is 72.9 Å². The van der Waals surface area contributed by atoms with Gasteiger partial charge in [0.25, 0.3) is 11.8 Å². The summed E-state index contributed by atoms with van der Waals surface area (Å²) in [6, 6.07) is 10.5. The number of hydrogen-bond acceptors (Lipinski definition) is 5. The highest BCUT2D eigenvalue weighted by Gasteiger charge is 2.36. The standard InChI is InChI=1S/C18H14FNO5/c1-24-15-7-6-11(8-14(15)19)10-25-16(21)9-20-17(22)12-4-2-3-5-13(12)18(20)23/h2-8H,9-10H2,1H3. The Morgan fingerprint density at radius 2 is 1.72 bits per heavy atom. The van der Waals surface area contributed by atoms with E-state index in [0.29, 0.717) is 5.56 Å². The second kappa shape index (κ2) is 6.72. The van der Waals surface area contributed by atoms with Gasteiger partial charge in [-0.05, 0) is 29.8 Å². The normalized spacial score (nSPS) is 13.0. The number of rotatable bonds is 5. The summed E-state index contributed by atoms with van der Waals surface area (Å²) in [4.78, 5) is 37.1. The first-order valence-corrected chi connectivity index (χ1v) is 7.44. The van der Waals surface area contributed by atoms with Crippen molar-refractivity contribution in [3.05, 3.63) is 65.0 Å². The molecule has 1 aliphatic rings. The lowest BCUT2D eigenvalue weighted by atomic mass is 10.1. The highest BCUT2D eigenvalue weighted by Crippen LogP contribution is 2.22. The maximum Gasteiger partial charge on any atom is 0.326 e. The minimum Gasteiger partial charge on any atom is -0.494 e. The number of methoxy groups -OCH3 is 1. The Labute approximate surface area is 142 Å². The van der Waals surface area contributed by atoms with Crippen molar-refractivity contribution < 1.29 is 28.2 Å². The van der Waals surface area contributed by atoms with Crippen LogP contribution in [-0.2, 0) is 16.1 Å². The molecule has 2 amide bonds. The van der Waals surface area contributed by atoms with Crippen LogP contribution in [0, 0.1) is 5.82 Å². The van der Waals surface area contributed by atoms with E-state index in [0.717, 1.165) is 4.90 Å². The van der Waals surface area contributed by atoms with Gasteiger partial charge in [-0.3, -0.25) is 19.3 Å². The predicted octanol–water partition coefficient (Wildman–Crippen LogP) is 2.17. The maximum absolute atomic E-state index is 13.6. The molecular weight excluding hydrogens is 329 g/mol. The molecule has 0 unspecified atom stereocenters. The first-order chi connectivity index (χ1) is 12.0. The van der Waals surface area contributed by atoms with Gasteiger partial charge >= 0.3 is 5.97 Å². The van der Waals surface area contributed by atoms with Crippen LogP contribution in [0.3, 0.4) is 0 Å². The molecule has 0 atom stereocenters. The molecule has 25 heavy (non-hydrogen) atoms. The number of carbonyl (C=O) groups is 3. The van der Waals surface area contributed by atoms with Crippen LogP contribution in [0.1, 0.15) is 26.3 Å². The average molecular weight is 343 g/mol. The first kappa shape index (κ1) is 16.6. The van der Waals surface area contributed by atoms with Gasteiger partial charge < -0.3 is 9.47 Å². The molecule has 0 bridgehead atoms. The van der Waals surface area contributed by atoms with Crippen molar-refractivity contribution in [2.75, 3.05) is 13.7 Å². The second-order valence-electron chi connectivity index (χ2n) is 5.37. The second-order valence-corrected chi connectivity index (χ2v) is 5.37. The minimum absolute atomic E-state index is 0.0844. The SMILES string of the molecule is COc1ccc(COC(=O)CN2C(=O)c3ccccc3C2=O)cc1F. The minimum atomic E-state index is -0.759. The third-order valence-electron chi connectivity index (χ3n) is 3.78. The molecule has 0 aromatic heterocycles. The van der Waals surface area contributed by atoms with Gasteiger partial charge in [0.1, 0.15) is 13.2 Å². The Hall–Kier alpha value is -3.22. The number of halogens is 1. The van der Waals surface area contributed by atoms with E-state index in [1.807, 2.05) is 0 Å². The number of carbonyl (C=O) groups excluding carboxylic acids is 3. The van der Waals surface area contributed by atoms with Crippen LogP contribution in [-0.4, -0.2) is 36.3 Å².